The van der Waals surface area contributed by atoms with E-state index < -0.39 is 0 Å². The zero-order valence-electron chi connectivity index (χ0n) is 19.2. The summed E-state index contributed by atoms with van der Waals surface area (Å²) in [6, 6.07) is 16.8. The first-order valence-corrected chi connectivity index (χ1v) is 11.0. The van der Waals surface area contributed by atoms with Crippen LogP contribution >= 0.6 is 11.6 Å². The van der Waals surface area contributed by atoms with E-state index >= 15 is 0 Å². The monoisotopic (exact) mass is 478 g/mol. The summed E-state index contributed by atoms with van der Waals surface area (Å²) < 4.78 is 16.2. The lowest BCUT2D eigenvalue weighted by Crippen LogP contribution is -2.28. The van der Waals surface area contributed by atoms with Crippen molar-refractivity contribution in [1.29, 1.82) is 0 Å². The lowest BCUT2D eigenvalue weighted by molar-refractivity contribution is -0.127. The standard InChI is InChI=1S/C27H27ClN2O4/c1-20(28)19-34-24-10-6-22(7-11-24)17-30(18-23-5-4-14-29-16-23)27(31)13-9-21-8-12-25(32-2)26(15-21)33-3/h4-16H,1,17-19H2,2-3H3. The number of ether oxygens (including phenoxy) is 3. The molecule has 0 aliphatic heterocycles. The first kappa shape index (κ1) is 24.9. The molecule has 0 unspecified atom stereocenters. The van der Waals surface area contributed by atoms with Crippen LogP contribution in [0.5, 0.6) is 17.2 Å². The molecule has 0 aliphatic rings. The highest BCUT2D eigenvalue weighted by molar-refractivity contribution is 6.29. The van der Waals surface area contributed by atoms with Crippen LogP contribution < -0.4 is 14.2 Å². The molecule has 0 saturated heterocycles. The molecule has 0 fully saturated rings. The maximum atomic E-state index is 13.2. The van der Waals surface area contributed by atoms with E-state index in [1.807, 2.05) is 48.5 Å². The van der Waals surface area contributed by atoms with Gasteiger partial charge in [-0.25, -0.2) is 0 Å². The molecular weight excluding hydrogens is 452 g/mol. The number of amides is 1. The molecule has 0 radical (unpaired) electrons. The first-order valence-electron chi connectivity index (χ1n) is 10.6. The Morgan fingerprint density at radius 2 is 1.76 bits per heavy atom. The smallest absolute Gasteiger partial charge is 0.247 e. The van der Waals surface area contributed by atoms with Crippen molar-refractivity contribution in [3.8, 4) is 17.2 Å². The molecule has 1 heterocycles. The molecule has 3 rings (SSSR count). The normalized spacial score (nSPS) is 10.7. The van der Waals surface area contributed by atoms with Crippen molar-refractivity contribution in [3.05, 3.63) is 101 Å². The summed E-state index contributed by atoms with van der Waals surface area (Å²) in [6.45, 7) is 4.71. The molecule has 7 heteroatoms. The Bertz CT molecular complexity index is 1130. The average molecular weight is 479 g/mol. The number of benzene rings is 2. The summed E-state index contributed by atoms with van der Waals surface area (Å²) in [6.07, 6.45) is 6.78. The molecule has 176 valence electrons. The first-order chi connectivity index (χ1) is 16.5. The Kier molecular flexibility index (Phi) is 9.12. The third-order valence-electron chi connectivity index (χ3n) is 4.93. The highest BCUT2D eigenvalue weighted by Gasteiger charge is 2.13. The van der Waals surface area contributed by atoms with Crippen LogP contribution in [0.1, 0.15) is 16.7 Å². The molecule has 0 atom stereocenters. The zero-order chi connectivity index (χ0) is 24.3. The minimum absolute atomic E-state index is 0.127. The lowest BCUT2D eigenvalue weighted by atomic mass is 10.1. The molecule has 3 aromatic rings. The van der Waals surface area contributed by atoms with Crippen molar-refractivity contribution >= 4 is 23.6 Å². The molecule has 2 aromatic carbocycles. The third kappa shape index (κ3) is 7.39. The predicted octanol–water partition coefficient (Wildman–Crippen LogP) is 5.47. The van der Waals surface area contributed by atoms with Gasteiger partial charge >= 0.3 is 0 Å². The third-order valence-corrected chi connectivity index (χ3v) is 5.04. The SMILES string of the molecule is C=C(Cl)COc1ccc(CN(Cc2cccnc2)C(=O)C=Cc2ccc(OC)c(OC)c2)cc1. The summed E-state index contributed by atoms with van der Waals surface area (Å²) in [5, 5.41) is 0.429. The van der Waals surface area contributed by atoms with E-state index in [4.69, 9.17) is 25.8 Å². The van der Waals surface area contributed by atoms with Gasteiger partial charge in [0.05, 0.1) is 14.2 Å². The van der Waals surface area contributed by atoms with E-state index in [0.717, 1.165) is 16.7 Å². The number of hydrogen-bond acceptors (Lipinski definition) is 5. The summed E-state index contributed by atoms with van der Waals surface area (Å²) in [7, 11) is 3.16. The van der Waals surface area contributed by atoms with Crippen LogP contribution in [0.2, 0.25) is 0 Å². The van der Waals surface area contributed by atoms with Crippen LogP contribution in [0, 0.1) is 0 Å². The number of carbonyl (C=O) groups is 1. The van der Waals surface area contributed by atoms with E-state index in [1.165, 1.54) is 0 Å². The van der Waals surface area contributed by atoms with Gasteiger partial charge in [-0.3, -0.25) is 9.78 Å². The number of halogens is 1. The highest BCUT2D eigenvalue weighted by Crippen LogP contribution is 2.28. The minimum Gasteiger partial charge on any atom is -0.493 e. The van der Waals surface area contributed by atoms with Crippen LogP contribution in [0.4, 0.5) is 0 Å². The van der Waals surface area contributed by atoms with Gasteiger partial charge in [-0.15, -0.1) is 0 Å². The summed E-state index contributed by atoms with van der Waals surface area (Å²) in [4.78, 5) is 19.1. The number of rotatable bonds is 11. The van der Waals surface area contributed by atoms with Crippen LogP contribution in [0.25, 0.3) is 6.08 Å². The molecule has 1 amide bonds. The van der Waals surface area contributed by atoms with E-state index in [2.05, 4.69) is 11.6 Å². The van der Waals surface area contributed by atoms with Crippen molar-refractivity contribution < 1.29 is 19.0 Å². The van der Waals surface area contributed by atoms with Crippen LogP contribution in [0.15, 0.2) is 84.7 Å². The second kappa shape index (κ2) is 12.5. The van der Waals surface area contributed by atoms with Gasteiger partial charge in [0.1, 0.15) is 12.4 Å². The van der Waals surface area contributed by atoms with Crippen LogP contribution in [-0.4, -0.2) is 36.6 Å². The topological polar surface area (TPSA) is 60.9 Å². The van der Waals surface area contributed by atoms with E-state index in [9.17, 15) is 4.79 Å². The van der Waals surface area contributed by atoms with Crippen LogP contribution in [-0.2, 0) is 17.9 Å². The second-order valence-electron chi connectivity index (χ2n) is 7.45. The maximum absolute atomic E-state index is 13.2. The van der Waals surface area contributed by atoms with Gasteiger partial charge in [0, 0.05) is 36.6 Å². The summed E-state index contributed by atoms with van der Waals surface area (Å²) in [5.41, 5.74) is 2.74. The second-order valence-corrected chi connectivity index (χ2v) is 7.99. The van der Waals surface area contributed by atoms with Gasteiger partial charge in [-0.05, 0) is 53.1 Å². The molecular formula is C27H27ClN2O4. The van der Waals surface area contributed by atoms with Gasteiger partial charge in [0.2, 0.25) is 5.91 Å². The van der Waals surface area contributed by atoms with Crippen molar-refractivity contribution in [2.45, 2.75) is 13.1 Å². The van der Waals surface area contributed by atoms with Gasteiger partial charge in [0.15, 0.2) is 11.5 Å². The summed E-state index contributed by atoms with van der Waals surface area (Å²) in [5.74, 6) is 1.79. The average Bonchev–Trinajstić information content (AvgIpc) is 2.86. The van der Waals surface area contributed by atoms with Crippen LogP contribution in [0.3, 0.4) is 0 Å². The molecule has 1 aromatic heterocycles. The van der Waals surface area contributed by atoms with Crippen molar-refractivity contribution in [2.75, 3.05) is 20.8 Å². The number of hydrogen-bond donors (Lipinski definition) is 0. The number of carbonyl (C=O) groups excluding carboxylic acids is 1. The van der Waals surface area contributed by atoms with Crippen molar-refractivity contribution in [2.24, 2.45) is 0 Å². The Morgan fingerprint density at radius 3 is 2.41 bits per heavy atom. The molecule has 0 aliphatic carbocycles. The van der Waals surface area contributed by atoms with Gasteiger partial charge in [-0.1, -0.05) is 42.4 Å². The Labute approximate surface area is 205 Å². The number of methoxy groups -OCH3 is 2. The maximum Gasteiger partial charge on any atom is 0.247 e. The van der Waals surface area contributed by atoms with Gasteiger partial charge in [-0.2, -0.15) is 0 Å². The Balaban J connectivity index is 1.76. The Hall–Kier alpha value is -3.77. The number of nitrogens with zero attached hydrogens (tertiary/aromatic N) is 2. The highest BCUT2D eigenvalue weighted by atomic mass is 35.5. The quantitative estimate of drug-likeness (QED) is 0.342. The predicted molar refractivity (Wildman–Crippen MR) is 134 cm³/mol. The van der Waals surface area contributed by atoms with Gasteiger partial charge in [0.25, 0.3) is 0 Å². The van der Waals surface area contributed by atoms with E-state index in [-0.39, 0.29) is 12.5 Å². The van der Waals surface area contributed by atoms with E-state index in [1.54, 1.807) is 49.7 Å². The number of aromatic nitrogens is 1. The molecule has 0 saturated carbocycles. The minimum atomic E-state index is -0.127. The fourth-order valence-corrected chi connectivity index (χ4v) is 3.28. The van der Waals surface area contributed by atoms with Crippen molar-refractivity contribution in [3.63, 3.8) is 0 Å². The molecule has 0 spiro atoms. The summed E-state index contributed by atoms with van der Waals surface area (Å²) >= 11 is 5.76. The molecule has 34 heavy (non-hydrogen) atoms. The largest absolute Gasteiger partial charge is 0.493 e. The number of pyridine rings is 1. The molecule has 0 N–H and O–H groups in total. The lowest BCUT2D eigenvalue weighted by Gasteiger charge is -2.22. The fourth-order valence-electron chi connectivity index (χ4n) is 3.23. The zero-order valence-corrected chi connectivity index (χ0v) is 20.0. The van der Waals surface area contributed by atoms with Gasteiger partial charge < -0.3 is 19.1 Å². The molecule has 0 bridgehead atoms. The van der Waals surface area contributed by atoms with E-state index in [0.29, 0.717) is 35.4 Å². The molecule has 6 nitrogen and oxygen atoms in total. The van der Waals surface area contributed by atoms with Crippen molar-refractivity contribution in [1.82, 2.24) is 9.88 Å². The Morgan fingerprint density at radius 1 is 1.03 bits per heavy atom. The fraction of sp³-hybridized carbons (Fsp3) is 0.185.